The van der Waals surface area contributed by atoms with Gasteiger partial charge in [-0.15, -0.1) is 0 Å². The van der Waals surface area contributed by atoms with Crippen LogP contribution in [0.25, 0.3) is 11.0 Å². The molecule has 1 aromatic heterocycles. The van der Waals surface area contributed by atoms with Gasteiger partial charge in [-0.3, -0.25) is 4.79 Å². The maximum absolute atomic E-state index is 13.1. The number of ether oxygens (including phenoxy) is 2. The van der Waals surface area contributed by atoms with Gasteiger partial charge in [-0.25, -0.2) is 4.98 Å². The zero-order valence-corrected chi connectivity index (χ0v) is 19.2. The van der Waals surface area contributed by atoms with Crippen molar-refractivity contribution < 1.29 is 14.3 Å². The molecule has 168 valence electrons. The smallest absolute Gasteiger partial charge is 0.227 e. The largest absolute Gasteiger partial charge is 0.497 e. The fourth-order valence-corrected chi connectivity index (χ4v) is 4.64. The van der Waals surface area contributed by atoms with Crippen molar-refractivity contribution in [2.75, 3.05) is 25.7 Å². The number of hydrogen-bond donors (Lipinski definition) is 0. The SMILES string of the molecule is COc1ccc(Cn2c([C@H]3CC(=O)N(c4cc(Cl)ccc4OC)C3)nc3ccccc32)cc1. The maximum Gasteiger partial charge on any atom is 0.227 e. The van der Waals surface area contributed by atoms with Crippen LogP contribution in [0.5, 0.6) is 11.5 Å². The van der Waals surface area contributed by atoms with Crippen LogP contribution in [0.4, 0.5) is 5.69 Å². The van der Waals surface area contributed by atoms with Gasteiger partial charge in [0.15, 0.2) is 0 Å². The van der Waals surface area contributed by atoms with Gasteiger partial charge in [-0.05, 0) is 48.0 Å². The molecule has 0 radical (unpaired) electrons. The second-order valence-electron chi connectivity index (χ2n) is 8.11. The molecule has 0 aliphatic carbocycles. The Morgan fingerprint density at radius 1 is 1.03 bits per heavy atom. The number of halogens is 1. The standard InChI is InChI=1S/C26H24ClN3O3/c1-32-20-10-7-17(8-11-20)15-30-22-6-4-3-5-21(22)28-26(30)18-13-25(31)29(16-18)23-14-19(27)9-12-24(23)33-2/h3-12,14,18H,13,15-16H2,1-2H3/t18-/m0/s1. The lowest BCUT2D eigenvalue weighted by molar-refractivity contribution is -0.117. The average Bonchev–Trinajstić information content (AvgIpc) is 3.40. The predicted octanol–water partition coefficient (Wildman–Crippen LogP) is 5.28. The van der Waals surface area contributed by atoms with E-state index in [0.29, 0.717) is 36.0 Å². The molecule has 5 rings (SSSR count). The monoisotopic (exact) mass is 461 g/mol. The Kier molecular flexibility index (Phi) is 5.68. The molecule has 6 nitrogen and oxygen atoms in total. The number of carbonyl (C=O) groups excluding carboxylic acids is 1. The highest BCUT2D eigenvalue weighted by atomic mass is 35.5. The highest BCUT2D eigenvalue weighted by molar-refractivity contribution is 6.31. The van der Waals surface area contributed by atoms with Crippen LogP contribution >= 0.6 is 11.6 Å². The first kappa shape index (κ1) is 21.3. The number of hydrogen-bond acceptors (Lipinski definition) is 4. The third-order valence-electron chi connectivity index (χ3n) is 6.11. The quantitative estimate of drug-likeness (QED) is 0.392. The Morgan fingerprint density at radius 2 is 1.82 bits per heavy atom. The van der Waals surface area contributed by atoms with E-state index in [9.17, 15) is 4.79 Å². The van der Waals surface area contributed by atoms with Gasteiger partial charge >= 0.3 is 0 Å². The fraction of sp³-hybridized carbons (Fsp3) is 0.231. The molecule has 0 unspecified atom stereocenters. The van der Waals surface area contributed by atoms with Crippen molar-refractivity contribution in [2.24, 2.45) is 0 Å². The topological polar surface area (TPSA) is 56.6 Å². The van der Waals surface area contributed by atoms with E-state index in [4.69, 9.17) is 26.1 Å². The zero-order chi connectivity index (χ0) is 22.9. The summed E-state index contributed by atoms with van der Waals surface area (Å²) in [5, 5.41) is 0.564. The van der Waals surface area contributed by atoms with Gasteiger partial charge in [0, 0.05) is 30.5 Å². The fourth-order valence-electron chi connectivity index (χ4n) is 4.47. The number of rotatable bonds is 6. The van der Waals surface area contributed by atoms with Gasteiger partial charge in [0.25, 0.3) is 0 Å². The zero-order valence-electron chi connectivity index (χ0n) is 18.5. The molecule has 1 aliphatic heterocycles. The summed E-state index contributed by atoms with van der Waals surface area (Å²) < 4.78 is 13.0. The van der Waals surface area contributed by atoms with E-state index in [0.717, 1.165) is 28.2 Å². The molecule has 0 N–H and O–H groups in total. The first-order valence-electron chi connectivity index (χ1n) is 10.8. The van der Waals surface area contributed by atoms with Crippen LogP contribution in [0.3, 0.4) is 0 Å². The van der Waals surface area contributed by atoms with Crippen molar-refractivity contribution >= 4 is 34.2 Å². The van der Waals surface area contributed by atoms with Crippen molar-refractivity contribution in [3.05, 3.63) is 83.1 Å². The summed E-state index contributed by atoms with van der Waals surface area (Å²) >= 11 is 6.22. The van der Waals surface area contributed by atoms with Crippen LogP contribution in [-0.2, 0) is 11.3 Å². The summed E-state index contributed by atoms with van der Waals surface area (Å²) in [5.74, 6) is 2.33. The van der Waals surface area contributed by atoms with Gasteiger partial charge in [0.05, 0.1) is 30.9 Å². The van der Waals surface area contributed by atoms with Crippen molar-refractivity contribution in [1.82, 2.24) is 9.55 Å². The highest BCUT2D eigenvalue weighted by Crippen LogP contribution is 2.38. The van der Waals surface area contributed by atoms with Gasteiger partial charge in [0.2, 0.25) is 5.91 Å². The van der Waals surface area contributed by atoms with Crippen molar-refractivity contribution in [3.8, 4) is 11.5 Å². The van der Waals surface area contributed by atoms with E-state index in [1.54, 1.807) is 37.3 Å². The second-order valence-corrected chi connectivity index (χ2v) is 8.55. The van der Waals surface area contributed by atoms with Crippen LogP contribution < -0.4 is 14.4 Å². The molecule has 1 saturated heterocycles. The first-order chi connectivity index (χ1) is 16.1. The lowest BCUT2D eigenvalue weighted by Crippen LogP contribution is -2.25. The third-order valence-corrected chi connectivity index (χ3v) is 6.34. The van der Waals surface area contributed by atoms with Crippen LogP contribution in [0.2, 0.25) is 5.02 Å². The molecule has 1 fully saturated rings. The van der Waals surface area contributed by atoms with Crippen molar-refractivity contribution in [3.63, 3.8) is 0 Å². The minimum absolute atomic E-state index is 0.0311. The number of benzene rings is 3. The molecule has 0 saturated carbocycles. The molecule has 1 amide bonds. The Bertz CT molecular complexity index is 1320. The number of methoxy groups -OCH3 is 2. The summed E-state index contributed by atoms with van der Waals surface area (Å²) in [5.41, 5.74) is 3.80. The number of nitrogens with zero attached hydrogens (tertiary/aromatic N) is 3. The first-order valence-corrected chi connectivity index (χ1v) is 11.2. The molecular formula is C26H24ClN3O3. The van der Waals surface area contributed by atoms with E-state index in [2.05, 4.69) is 22.8 Å². The van der Waals surface area contributed by atoms with Crippen LogP contribution in [0.1, 0.15) is 23.7 Å². The Morgan fingerprint density at radius 3 is 2.58 bits per heavy atom. The summed E-state index contributed by atoms with van der Waals surface area (Å²) in [6, 6.07) is 21.4. The summed E-state index contributed by atoms with van der Waals surface area (Å²) in [6.45, 7) is 1.17. The number of amides is 1. The molecular weight excluding hydrogens is 438 g/mol. The molecule has 1 aliphatic rings. The molecule has 7 heteroatoms. The number of imidazole rings is 1. The van der Waals surface area contributed by atoms with E-state index in [-0.39, 0.29) is 11.8 Å². The summed E-state index contributed by atoms with van der Waals surface area (Å²) in [6.07, 6.45) is 0.377. The van der Waals surface area contributed by atoms with Crippen LogP contribution in [-0.4, -0.2) is 36.2 Å². The molecule has 0 spiro atoms. The van der Waals surface area contributed by atoms with E-state index in [1.807, 2.05) is 30.3 Å². The van der Waals surface area contributed by atoms with Crippen molar-refractivity contribution in [1.29, 1.82) is 0 Å². The second kappa shape index (κ2) is 8.79. The normalized spacial score (nSPS) is 15.9. The number of anilines is 1. The van der Waals surface area contributed by atoms with Crippen LogP contribution in [0, 0.1) is 0 Å². The minimum Gasteiger partial charge on any atom is -0.497 e. The lowest BCUT2D eigenvalue weighted by Gasteiger charge is -2.20. The minimum atomic E-state index is -0.0492. The molecule has 3 aromatic carbocycles. The van der Waals surface area contributed by atoms with E-state index < -0.39 is 0 Å². The van der Waals surface area contributed by atoms with Gasteiger partial charge in [0.1, 0.15) is 17.3 Å². The molecule has 1 atom stereocenters. The molecule has 4 aromatic rings. The van der Waals surface area contributed by atoms with Gasteiger partial charge in [-0.1, -0.05) is 35.9 Å². The van der Waals surface area contributed by atoms with E-state index in [1.165, 1.54) is 0 Å². The lowest BCUT2D eigenvalue weighted by atomic mass is 10.1. The highest BCUT2D eigenvalue weighted by Gasteiger charge is 2.36. The number of aromatic nitrogens is 2. The molecule has 2 heterocycles. The Hall–Kier alpha value is -3.51. The van der Waals surface area contributed by atoms with E-state index >= 15 is 0 Å². The summed E-state index contributed by atoms with van der Waals surface area (Å²) in [4.78, 5) is 19.8. The summed E-state index contributed by atoms with van der Waals surface area (Å²) in [7, 11) is 3.26. The number of fused-ring (bicyclic) bond motifs is 1. The van der Waals surface area contributed by atoms with Crippen LogP contribution in [0.15, 0.2) is 66.7 Å². The average molecular weight is 462 g/mol. The number of carbonyl (C=O) groups is 1. The molecule has 0 bridgehead atoms. The van der Waals surface area contributed by atoms with Crippen molar-refractivity contribution in [2.45, 2.75) is 18.9 Å². The Labute approximate surface area is 197 Å². The van der Waals surface area contributed by atoms with Gasteiger partial charge in [-0.2, -0.15) is 0 Å². The maximum atomic E-state index is 13.1. The number of para-hydroxylation sites is 2. The van der Waals surface area contributed by atoms with Gasteiger partial charge < -0.3 is 18.9 Å². The Balaban J connectivity index is 1.52. The molecule has 33 heavy (non-hydrogen) atoms. The predicted molar refractivity (Wildman–Crippen MR) is 130 cm³/mol. The third kappa shape index (κ3) is 4.02.